The molecule has 2 aliphatic heterocycles. The Morgan fingerprint density at radius 1 is 0.913 bits per heavy atom. The lowest BCUT2D eigenvalue weighted by molar-refractivity contribution is -0.138. The average molecular weight is 626 g/mol. The Balaban J connectivity index is 1.16. The number of carbonyl (C=O) groups excluding carboxylic acids is 2. The van der Waals surface area contributed by atoms with E-state index >= 15 is 0 Å². The number of carbonyl (C=O) groups is 2. The van der Waals surface area contributed by atoms with E-state index in [1.54, 1.807) is 35.2 Å². The summed E-state index contributed by atoms with van der Waals surface area (Å²) in [7, 11) is 2.10. The van der Waals surface area contributed by atoms with Crippen molar-refractivity contribution in [2.75, 3.05) is 38.5 Å². The average Bonchev–Trinajstić information content (AvgIpc) is 3.69. The number of benzene rings is 1. The van der Waals surface area contributed by atoms with Gasteiger partial charge in [0.1, 0.15) is 11.5 Å². The molecule has 4 aromatic heterocycles. The number of piperidine rings is 2. The van der Waals surface area contributed by atoms with Crippen LogP contribution in [0.1, 0.15) is 42.1 Å². The zero-order chi connectivity index (χ0) is 31.8. The highest BCUT2D eigenvalue weighted by molar-refractivity contribution is 6.03. The van der Waals surface area contributed by atoms with Gasteiger partial charge in [-0.15, -0.1) is 0 Å². The summed E-state index contributed by atoms with van der Waals surface area (Å²) >= 11 is 0. The third-order valence-electron chi connectivity index (χ3n) is 8.94. The topological polar surface area (TPSA) is 114 Å². The molecule has 11 nitrogen and oxygen atoms in total. The molecular formula is C33H33F2N9O2. The smallest absolute Gasteiger partial charge is 0.257 e. The van der Waals surface area contributed by atoms with Crippen LogP contribution in [0.25, 0.3) is 28.3 Å². The Bertz CT molecular complexity index is 1890. The maximum Gasteiger partial charge on any atom is 0.257 e. The van der Waals surface area contributed by atoms with Crippen LogP contribution < -0.4 is 5.32 Å². The number of hydrogen-bond donors (Lipinski definition) is 1. The Kier molecular flexibility index (Phi) is 7.99. The second-order valence-electron chi connectivity index (χ2n) is 12.0. The Morgan fingerprint density at radius 3 is 2.41 bits per heavy atom. The van der Waals surface area contributed by atoms with Crippen LogP contribution in [0.3, 0.4) is 0 Å². The lowest BCUT2D eigenvalue weighted by Crippen LogP contribution is -2.45. The zero-order valence-electron chi connectivity index (χ0n) is 25.3. The van der Waals surface area contributed by atoms with Crippen LogP contribution in [0.5, 0.6) is 0 Å². The van der Waals surface area contributed by atoms with Crippen LogP contribution in [0.2, 0.25) is 0 Å². The molecule has 0 aliphatic carbocycles. The van der Waals surface area contributed by atoms with Crippen LogP contribution in [-0.2, 0) is 4.79 Å². The molecule has 1 aromatic carbocycles. The van der Waals surface area contributed by atoms with Gasteiger partial charge >= 0.3 is 0 Å². The van der Waals surface area contributed by atoms with Crippen LogP contribution in [0, 0.1) is 17.7 Å². The number of anilines is 1. The summed E-state index contributed by atoms with van der Waals surface area (Å²) in [5.41, 5.74) is 3.39. The van der Waals surface area contributed by atoms with E-state index in [1.807, 2.05) is 11.0 Å². The van der Waals surface area contributed by atoms with Gasteiger partial charge in [-0.2, -0.15) is 9.49 Å². The molecule has 2 fully saturated rings. The molecule has 0 unspecified atom stereocenters. The summed E-state index contributed by atoms with van der Waals surface area (Å²) in [5.74, 6) is -1.02. The van der Waals surface area contributed by atoms with Crippen molar-refractivity contribution < 1.29 is 18.4 Å². The van der Waals surface area contributed by atoms with E-state index in [0.717, 1.165) is 56.1 Å². The minimum atomic E-state index is -0.753. The molecule has 2 amide bonds. The van der Waals surface area contributed by atoms with Gasteiger partial charge in [-0.05, 0) is 88.3 Å². The van der Waals surface area contributed by atoms with Crippen LogP contribution in [-0.4, -0.2) is 84.0 Å². The maximum absolute atomic E-state index is 13.8. The number of imidazole rings is 2. The number of nitrogens with one attached hydrogen (secondary N) is 1. The Hall–Kier alpha value is -5.04. The van der Waals surface area contributed by atoms with Crippen molar-refractivity contribution in [1.82, 2.24) is 38.9 Å². The van der Waals surface area contributed by atoms with E-state index in [-0.39, 0.29) is 35.1 Å². The fourth-order valence-corrected chi connectivity index (χ4v) is 6.39. The van der Waals surface area contributed by atoms with Gasteiger partial charge in [-0.3, -0.25) is 9.59 Å². The van der Waals surface area contributed by atoms with Crippen LogP contribution in [0.15, 0.2) is 67.3 Å². The molecular weight excluding hydrogens is 592 g/mol. The minimum absolute atomic E-state index is 0.0779. The zero-order valence-corrected chi connectivity index (χ0v) is 25.3. The quantitative estimate of drug-likeness (QED) is 0.273. The van der Waals surface area contributed by atoms with Gasteiger partial charge in [0.25, 0.3) is 5.91 Å². The van der Waals surface area contributed by atoms with Crippen molar-refractivity contribution in [3.63, 3.8) is 0 Å². The largest absolute Gasteiger partial charge is 0.342 e. The third-order valence-corrected chi connectivity index (χ3v) is 8.94. The summed E-state index contributed by atoms with van der Waals surface area (Å²) in [6, 6.07) is 12.4. The first-order valence-electron chi connectivity index (χ1n) is 15.4. The standard InChI is InChI=1S/C33H33F2N9O2/c1-41-14-9-22(10-15-41)33(46)42-16-11-25(12-17-42)43-20-37-30(21-2-4-24(34)5-3-21)31(43)26-6-7-29-38-28(19-44(29)40-26)39-32(45)23-8-13-36-27(35)18-23/h2-8,13,18-20,22,25H,9-12,14-17H2,1H3,(H,39,45). The summed E-state index contributed by atoms with van der Waals surface area (Å²) in [5, 5.41) is 7.51. The number of amides is 2. The number of likely N-dealkylation sites (tertiary alicyclic amines) is 2. The van der Waals surface area contributed by atoms with Gasteiger partial charge in [-0.1, -0.05) is 0 Å². The number of halogens is 2. The van der Waals surface area contributed by atoms with Crippen molar-refractivity contribution in [3.05, 3.63) is 84.6 Å². The van der Waals surface area contributed by atoms with Crippen LogP contribution in [0.4, 0.5) is 14.6 Å². The number of pyridine rings is 1. The summed E-state index contributed by atoms with van der Waals surface area (Å²) in [6.45, 7) is 3.23. The minimum Gasteiger partial charge on any atom is -0.342 e. The highest BCUT2D eigenvalue weighted by Crippen LogP contribution is 2.36. The Morgan fingerprint density at radius 2 is 1.67 bits per heavy atom. The lowest BCUT2D eigenvalue weighted by atomic mass is 9.94. The maximum atomic E-state index is 13.8. The molecule has 2 aliphatic rings. The SMILES string of the molecule is CN1CCC(C(=O)N2CCC(n3cnc(-c4ccc(F)cc4)c3-c3ccc4nc(NC(=O)c5ccnc(F)c5)cn4n3)CC2)CC1. The van der Waals surface area contributed by atoms with Gasteiger partial charge in [0, 0.05) is 48.4 Å². The normalized spacial score (nSPS) is 16.6. The highest BCUT2D eigenvalue weighted by atomic mass is 19.1. The third kappa shape index (κ3) is 5.97. The van der Waals surface area contributed by atoms with Gasteiger partial charge in [0.15, 0.2) is 11.5 Å². The molecule has 2 saturated heterocycles. The first-order chi connectivity index (χ1) is 22.3. The highest BCUT2D eigenvalue weighted by Gasteiger charge is 2.32. The fourth-order valence-electron chi connectivity index (χ4n) is 6.39. The molecule has 0 radical (unpaired) electrons. The van der Waals surface area contributed by atoms with Gasteiger partial charge in [-0.25, -0.2) is 23.9 Å². The first-order valence-corrected chi connectivity index (χ1v) is 15.4. The second-order valence-corrected chi connectivity index (χ2v) is 12.0. The van der Waals surface area contributed by atoms with E-state index in [9.17, 15) is 18.4 Å². The summed E-state index contributed by atoms with van der Waals surface area (Å²) < 4.78 is 31.0. The van der Waals surface area contributed by atoms with E-state index in [0.29, 0.717) is 30.1 Å². The molecule has 236 valence electrons. The van der Waals surface area contributed by atoms with Crippen molar-refractivity contribution >= 4 is 23.3 Å². The van der Waals surface area contributed by atoms with Gasteiger partial charge < -0.3 is 19.7 Å². The van der Waals surface area contributed by atoms with Crippen molar-refractivity contribution in [2.45, 2.75) is 31.7 Å². The molecule has 7 rings (SSSR count). The van der Waals surface area contributed by atoms with E-state index in [2.05, 4.69) is 31.8 Å². The number of fused-ring (bicyclic) bond motifs is 1. The molecule has 6 heterocycles. The predicted octanol–water partition coefficient (Wildman–Crippen LogP) is 4.69. The predicted molar refractivity (Wildman–Crippen MR) is 167 cm³/mol. The molecule has 0 saturated carbocycles. The van der Waals surface area contributed by atoms with E-state index in [4.69, 9.17) is 10.1 Å². The molecule has 0 atom stereocenters. The van der Waals surface area contributed by atoms with Crippen LogP contribution >= 0.6 is 0 Å². The first kappa shape index (κ1) is 29.7. The second kappa shape index (κ2) is 12.4. The van der Waals surface area contributed by atoms with Gasteiger partial charge in [0.2, 0.25) is 11.9 Å². The molecule has 13 heteroatoms. The number of hydrogen-bond acceptors (Lipinski definition) is 7. The van der Waals surface area contributed by atoms with Crippen molar-refractivity contribution in [2.24, 2.45) is 5.92 Å². The molecule has 46 heavy (non-hydrogen) atoms. The van der Waals surface area contributed by atoms with Gasteiger partial charge in [0.05, 0.1) is 23.9 Å². The molecule has 1 N–H and O–H groups in total. The lowest BCUT2D eigenvalue weighted by Gasteiger charge is -2.37. The fraction of sp³-hybridized carbons (Fsp3) is 0.333. The summed E-state index contributed by atoms with van der Waals surface area (Å²) in [4.78, 5) is 42.9. The molecule has 5 aromatic rings. The van der Waals surface area contributed by atoms with E-state index in [1.165, 1.54) is 24.4 Å². The van der Waals surface area contributed by atoms with Crippen molar-refractivity contribution in [3.8, 4) is 22.6 Å². The number of nitrogens with zero attached hydrogens (tertiary/aromatic N) is 8. The Labute approximate surface area is 263 Å². The molecule has 0 bridgehead atoms. The number of rotatable bonds is 6. The monoisotopic (exact) mass is 625 g/mol. The van der Waals surface area contributed by atoms with Crippen molar-refractivity contribution in [1.29, 1.82) is 0 Å². The molecule has 0 spiro atoms. The van der Waals surface area contributed by atoms with E-state index < -0.39 is 11.9 Å². The number of aromatic nitrogens is 6. The summed E-state index contributed by atoms with van der Waals surface area (Å²) in [6.07, 6.45) is 7.94.